The zero-order valence-electron chi connectivity index (χ0n) is 8.50. The first-order valence-corrected chi connectivity index (χ1v) is 6.20. The lowest BCUT2D eigenvalue weighted by Crippen LogP contribution is -2.42. The van der Waals surface area contributed by atoms with Crippen LogP contribution in [-0.2, 0) is 13.3 Å². The third-order valence-electron chi connectivity index (χ3n) is 1.95. The molecule has 0 bridgehead atoms. The fourth-order valence-electron chi connectivity index (χ4n) is 1.10. The molecule has 0 amide bonds. The van der Waals surface area contributed by atoms with E-state index in [2.05, 4.69) is 6.07 Å². The first kappa shape index (κ1) is 12.6. The number of nitriles is 1. The molecule has 0 aliphatic rings. The molecule has 0 heterocycles. The predicted octanol–water partition coefficient (Wildman–Crippen LogP) is 1.56. The standard InChI is InChI=1S/C8H17NO3Si/c1-10-13(11-2,12-3)8-6-4-5-7-9/h4-6,8H2,1-3H3. The van der Waals surface area contributed by atoms with Gasteiger partial charge in [0.2, 0.25) is 0 Å². The Morgan fingerprint density at radius 3 is 2.00 bits per heavy atom. The van der Waals surface area contributed by atoms with Crippen molar-refractivity contribution in [2.24, 2.45) is 0 Å². The summed E-state index contributed by atoms with van der Waals surface area (Å²) in [6.07, 6.45) is 2.37. The van der Waals surface area contributed by atoms with Gasteiger partial charge in [-0.2, -0.15) is 5.26 Å². The van der Waals surface area contributed by atoms with E-state index in [0.29, 0.717) is 6.42 Å². The Morgan fingerprint density at radius 1 is 1.08 bits per heavy atom. The third-order valence-corrected chi connectivity index (χ3v) is 4.79. The van der Waals surface area contributed by atoms with Crippen molar-refractivity contribution in [2.45, 2.75) is 25.3 Å². The molecule has 0 radical (unpaired) electrons. The molecule has 0 rings (SSSR count). The molecule has 0 spiro atoms. The second kappa shape index (κ2) is 7.03. The smallest absolute Gasteiger partial charge is 0.377 e. The highest BCUT2D eigenvalue weighted by molar-refractivity contribution is 6.60. The fraction of sp³-hybridized carbons (Fsp3) is 0.875. The van der Waals surface area contributed by atoms with Gasteiger partial charge in [-0.15, -0.1) is 0 Å². The van der Waals surface area contributed by atoms with Gasteiger partial charge in [0.25, 0.3) is 0 Å². The zero-order chi connectivity index (χ0) is 10.2. The lowest BCUT2D eigenvalue weighted by molar-refractivity contribution is 0.123. The van der Waals surface area contributed by atoms with Crippen LogP contribution in [0.25, 0.3) is 0 Å². The first-order chi connectivity index (χ1) is 6.24. The summed E-state index contributed by atoms with van der Waals surface area (Å²) in [6, 6.07) is 2.88. The number of hydrogen-bond acceptors (Lipinski definition) is 4. The van der Waals surface area contributed by atoms with Gasteiger partial charge in [0.15, 0.2) is 0 Å². The van der Waals surface area contributed by atoms with Gasteiger partial charge in [-0.3, -0.25) is 0 Å². The molecular weight excluding hydrogens is 186 g/mol. The predicted molar refractivity (Wildman–Crippen MR) is 51.1 cm³/mol. The highest BCUT2D eigenvalue weighted by Crippen LogP contribution is 2.16. The van der Waals surface area contributed by atoms with E-state index in [-0.39, 0.29) is 0 Å². The second-order valence-electron chi connectivity index (χ2n) is 2.66. The summed E-state index contributed by atoms with van der Waals surface area (Å²) in [5.41, 5.74) is 0. The maximum Gasteiger partial charge on any atom is 0.500 e. The number of nitrogens with zero attached hydrogens (tertiary/aromatic N) is 1. The zero-order valence-corrected chi connectivity index (χ0v) is 9.50. The molecule has 0 fully saturated rings. The highest BCUT2D eigenvalue weighted by atomic mass is 28.4. The normalized spacial score (nSPS) is 11.2. The minimum atomic E-state index is -2.38. The Bertz CT molecular complexity index is 157. The quantitative estimate of drug-likeness (QED) is 0.465. The average molecular weight is 203 g/mol. The first-order valence-electron chi connectivity index (χ1n) is 4.27. The summed E-state index contributed by atoms with van der Waals surface area (Å²) in [5.74, 6) is 0. The average Bonchev–Trinajstić information content (AvgIpc) is 2.20. The SMILES string of the molecule is CO[Si](CCCCC#N)(OC)OC. The van der Waals surface area contributed by atoms with E-state index in [1.165, 1.54) is 0 Å². The third kappa shape index (κ3) is 4.38. The maximum absolute atomic E-state index is 8.33. The summed E-state index contributed by atoms with van der Waals surface area (Å²) in [7, 11) is 2.43. The molecule has 13 heavy (non-hydrogen) atoms. The van der Waals surface area contributed by atoms with Gasteiger partial charge in [-0.05, 0) is 12.8 Å². The van der Waals surface area contributed by atoms with Crippen LogP contribution in [0.15, 0.2) is 0 Å². The Morgan fingerprint density at radius 2 is 1.62 bits per heavy atom. The molecule has 0 aromatic rings. The van der Waals surface area contributed by atoms with Gasteiger partial charge < -0.3 is 13.3 Å². The number of unbranched alkanes of at least 4 members (excludes halogenated alkanes) is 2. The molecule has 0 aliphatic carbocycles. The Labute approximate surface area is 80.8 Å². The van der Waals surface area contributed by atoms with Gasteiger partial charge in [0, 0.05) is 33.8 Å². The van der Waals surface area contributed by atoms with Crippen molar-refractivity contribution < 1.29 is 13.3 Å². The Balaban J connectivity index is 3.76. The lowest BCUT2D eigenvalue weighted by atomic mass is 10.3. The van der Waals surface area contributed by atoms with Crippen LogP contribution in [-0.4, -0.2) is 30.1 Å². The van der Waals surface area contributed by atoms with E-state index < -0.39 is 8.80 Å². The van der Waals surface area contributed by atoms with Gasteiger partial charge in [0.1, 0.15) is 0 Å². The Hall–Kier alpha value is -0.413. The van der Waals surface area contributed by atoms with Crippen LogP contribution in [0.1, 0.15) is 19.3 Å². The molecule has 0 unspecified atom stereocenters. The molecule has 0 aromatic carbocycles. The molecule has 0 aromatic heterocycles. The summed E-state index contributed by atoms with van der Waals surface area (Å²) in [5, 5.41) is 8.33. The van der Waals surface area contributed by atoms with Crippen molar-refractivity contribution in [1.82, 2.24) is 0 Å². The van der Waals surface area contributed by atoms with Crippen LogP contribution < -0.4 is 0 Å². The van der Waals surface area contributed by atoms with E-state index in [9.17, 15) is 0 Å². The van der Waals surface area contributed by atoms with Crippen LogP contribution in [0.4, 0.5) is 0 Å². The number of rotatable bonds is 7. The molecular formula is C8H17NO3Si. The van der Waals surface area contributed by atoms with Crippen LogP contribution in [0, 0.1) is 11.3 Å². The van der Waals surface area contributed by atoms with E-state index in [4.69, 9.17) is 18.5 Å². The Kier molecular flexibility index (Phi) is 6.81. The summed E-state index contributed by atoms with van der Waals surface area (Å²) in [4.78, 5) is 0. The molecule has 4 nitrogen and oxygen atoms in total. The molecule has 0 saturated heterocycles. The second-order valence-corrected chi connectivity index (χ2v) is 5.75. The maximum atomic E-state index is 8.33. The van der Waals surface area contributed by atoms with Crippen LogP contribution >= 0.6 is 0 Å². The molecule has 0 saturated carbocycles. The van der Waals surface area contributed by atoms with Crippen molar-refractivity contribution >= 4 is 8.80 Å². The number of hydrogen-bond donors (Lipinski definition) is 0. The van der Waals surface area contributed by atoms with E-state index >= 15 is 0 Å². The van der Waals surface area contributed by atoms with Crippen molar-refractivity contribution in [3.63, 3.8) is 0 Å². The molecule has 76 valence electrons. The summed E-state index contributed by atoms with van der Waals surface area (Å²) < 4.78 is 15.7. The topological polar surface area (TPSA) is 51.5 Å². The van der Waals surface area contributed by atoms with Crippen LogP contribution in [0.2, 0.25) is 6.04 Å². The minimum absolute atomic E-state index is 0.585. The van der Waals surface area contributed by atoms with E-state index in [0.717, 1.165) is 18.9 Å². The lowest BCUT2D eigenvalue weighted by Gasteiger charge is -2.23. The van der Waals surface area contributed by atoms with Crippen molar-refractivity contribution in [1.29, 1.82) is 5.26 Å². The monoisotopic (exact) mass is 203 g/mol. The molecule has 5 heteroatoms. The minimum Gasteiger partial charge on any atom is -0.377 e. The van der Waals surface area contributed by atoms with Crippen LogP contribution in [0.3, 0.4) is 0 Å². The molecule has 0 atom stereocenters. The van der Waals surface area contributed by atoms with Gasteiger partial charge >= 0.3 is 8.80 Å². The highest BCUT2D eigenvalue weighted by Gasteiger charge is 2.36. The summed E-state index contributed by atoms with van der Waals surface area (Å²) in [6.45, 7) is 0. The van der Waals surface area contributed by atoms with Crippen molar-refractivity contribution in [3.05, 3.63) is 0 Å². The van der Waals surface area contributed by atoms with Crippen molar-refractivity contribution in [2.75, 3.05) is 21.3 Å². The van der Waals surface area contributed by atoms with E-state index in [1.54, 1.807) is 21.3 Å². The molecule has 0 aliphatic heterocycles. The van der Waals surface area contributed by atoms with Gasteiger partial charge in [-0.1, -0.05) is 0 Å². The fourth-order valence-corrected chi connectivity index (χ4v) is 2.90. The summed E-state index contributed by atoms with van der Waals surface area (Å²) >= 11 is 0. The van der Waals surface area contributed by atoms with Gasteiger partial charge in [0.05, 0.1) is 6.07 Å². The van der Waals surface area contributed by atoms with Crippen LogP contribution in [0.5, 0.6) is 0 Å². The molecule has 0 N–H and O–H groups in total. The van der Waals surface area contributed by atoms with Gasteiger partial charge in [-0.25, -0.2) is 0 Å². The van der Waals surface area contributed by atoms with Crippen molar-refractivity contribution in [3.8, 4) is 6.07 Å². The van der Waals surface area contributed by atoms with E-state index in [1.807, 2.05) is 0 Å². The largest absolute Gasteiger partial charge is 0.500 e.